The summed E-state index contributed by atoms with van der Waals surface area (Å²) in [5, 5.41) is 0. The molecule has 0 aliphatic carbocycles. The van der Waals surface area contributed by atoms with E-state index < -0.39 is 0 Å². The van der Waals surface area contributed by atoms with Crippen LogP contribution in [-0.4, -0.2) is 55.5 Å². The molecule has 1 aliphatic rings. The first-order valence-electron chi connectivity index (χ1n) is 7.19. The number of hydrogen-bond donors (Lipinski definition) is 1. The molecule has 18 heavy (non-hydrogen) atoms. The molecule has 0 aromatic rings. The first kappa shape index (κ1) is 15.4. The SMILES string of the molecule is CC(C)CC(CN)CC(=O)N1CCCN(C)CC1. The molecule has 1 aliphatic heterocycles. The molecule has 1 atom stereocenters. The molecule has 1 fully saturated rings. The number of carbonyl (C=O) groups is 1. The summed E-state index contributed by atoms with van der Waals surface area (Å²) in [7, 11) is 2.12. The Hall–Kier alpha value is -0.610. The minimum absolute atomic E-state index is 0.293. The number of hydrogen-bond acceptors (Lipinski definition) is 3. The van der Waals surface area contributed by atoms with E-state index in [2.05, 4.69) is 25.8 Å². The lowest BCUT2D eigenvalue weighted by molar-refractivity contribution is -0.132. The fourth-order valence-corrected chi connectivity index (χ4v) is 2.60. The Bertz CT molecular complexity index is 255. The molecular formula is C14H29N3O. The second-order valence-electron chi connectivity index (χ2n) is 5.97. The summed E-state index contributed by atoms with van der Waals surface area (Å²) in [6.07, 6.45) is 2.76. The van der Waals surface area contributed by atoms with Crippen LogP contribution >= 0.6 is 0 Å². The van der Waals surface area contributed by atoms with Gasteiger partial charge in [0, 0.05) is 26.1 Å². The number of likely N-dealkylation sites (N-methyl/N-ethyl adjacent to an activating group) is 1. The quantitative estimate of drug-likeness (QED) is 0.802. The zero-order valence-electron chi connectivity index (χ0n) is 12.2. The van der Waals surface area contributed by atoms with Gasteiger partial charge in [-0.15, -0.1) is 0 Å². The Balaban J connectivity index is 2.42. The number of carbonyl (C=O) groups excluding carboxylic acids is 1. The van der Waals surface area contributed by atoms with Crippen molar-refractivity contribution in [3.63, 3.8) is 0 Å². The number of rotatable bonds is 5. The Morgan fingerprint density at radius 3 is 2.56 bits per heavy atom. The van der Waals surface area contributed by atoms with Crippen LogP contribution in [0.5, 0.6) is 0 Å². The lowest BCUT2D eigenvalue weighted by Gasteiger charge is -2.24. The first-order chi connectivity index (χ1) is 8.52. The molecule has 2 N–H and O–H groups in total. The van der Waals surface area contributed by atoms with E-state index in [-0.39, 0.29) is 0 Å². The summed E-state index contributed by atoms with van der Waals surface area (Å²) in [4.78, 5) is 16.6. The van der Waals surface area contributed by atoms with E-state index in [9.17, 15) is 4.79 Å². The third-order valence-electron chi connectivity index (χ3n) is 3.67. The van der Waals surface area contributed by atoms with Crippen molar-refractivity contribution in [2.24, 2.45) is 17.6 Å². The summed E-state index contributed by atoms with van der Waals surface area (Å²) in [5.41, 5.74) is 5.77. The molecule has 1 unspecified atom stereocenters. The van der Waals surface area contributed by atoms with E-state index in [0.717, 1.165) is 39.0 Å². The number of nitrogens with two attached hydrogens (primary N) is 1. The molecule has 0 bridgehead atoms. The van der Waals surface area contributed by atoms with E-state index in [1.165, 1.54) is 0 Å². The van der Waals surface area contributed by atoms with Crippen molar-refractivity contribution < 1.29 is 4.79 Å². The lowest BCUT2D eigenvalue weighted by atomic mass is 9.94. The monoisotopic (exact) mass is 255 g/mol. The molecular weight excluding hydrogens is 226 g/mol. The van der Waals surface area contributed by atoms with E-state index in [1.807, 2.05) is 4.90 Å². The second-order valence-corrected chi connectivity index (χ2v) is 5.97. The van der Waals surface area contributed by atoms with Gasteiger partial charge in [-0.2, -0.15) is 0 Å². The normalized spacial score (nSPS) is 19.9. The summed E-state index contributed by atoms with van der Waals surface area (Å²) < 4.78 is 0. The van der Waals surface area contributed by atoms with Gasteiger partial charge in [0.05, 0.1) is 0 Å². The zero-order chi connectivity index (χ0) is 13.5. The van der Waals surface area contributed by atoms with Gasteiger partial charge in [0.15, 0.2) is 0 Å². The fourth-order valence-electron chi connectivity index (χ4n) is 2.60. The van der Waals surface area contributed by atoms with Gasteiger partial charge >= 0.3 is 0 Å². The van der Waals surface area contributed by atoms with Crippen molar-refractivity contribution in [3.8, 4) is 0 Å². The van der Waals surface area contributed by atoms with Crippen molar-refractivity contribution in [2.75, 3.05) is 39.8 Å². The van der Waals surface area contributed by atoms with Gasteiger partial charge in [0.25, 0.3) is 0 Å². The maximum atomic E-state index is 12.3. The Labute approximate surface area is 111 Å². The molecule has 0 aromatic heterocycles. The van der Waals surface area contributed by atoms with Crippen LogP contribution < -0.4 is 5.73 Å². The molecule has 106 valence electrons. The predicted molar refractivity (Wildman–Crippen MR) is 75.3 cm³/mol. The highest BCUT2D eigenvalue weighted by molar-refractivity contribution is 5.76. The van der Waals surface area contributed by atoms with Crippen LogP contribution in [0.15, 0.2) is 0 Å². The summed E-state index contributed by atoms with van der Waals surface area (Å²) in [5.74, 6) is 1.25. The van der Waals surface area contributed by atoms with Crippen molar-refractivity contribution in [3.05, 3.63) is 0 Å². The van der Waals surface area contributed by atoms with Gasteiger partial charge in [0.2, 0.25) is 5.91 Å². The maximum absolute atomic E-state index is 12.3. The topological polar surface area (TPSA) is 49.6 Å². The van der Waals surface area contributed by atoms with Gasteiger partial charge in [-0.3, -0.25) is 4.79 Å². The van der Waals surface area contributed by atoms with E-state index in [0.29, 0.717) is 30.7 Å². The second kappa shape index (κ2) is 7.74. The molecule has 4 nitrogen and oxygen atoms in total. The van der Waals surface area contributed by atoms with Crippen molar-refractivity contribution in [2.45, 2.75) is 33.1 Å². The van der Waals surface area contributed by atoms with Crippen LogP contribution in [-0.2, 0) is 4.79 Å². The van der Waals surface area contributed by atoms with Gasteiger partial charge in [-0.05, 0) is 44.8 Å². The number of amides is 1. The standard InChI is InChI=1S/C14H29N3O/c1-12(2)9-13(11-15)10-14(18)17-6-4-5-16(3)7-8-17/h12-13H,4-11,15H2,1-3H3. The van der Waals surface area contributed by atoms with Crippen LogP contribution in [0.25, 0.3) is 0 Å². The van der Waals surface area contributed by atoms with Crippen LogP contribution in [0.4, 0.5) is 0 Å². The average molecular weight is 255 g/mol. The van der Waals surface area contributed by atoms with Crippen LogP contribution in [0, 0.1) is 11.8 Å². The highest BCUT2D eigenvalue weighted by atomic mass is 16.2. The zero-order valence-corrected chi connectivity index (χ0v) is 12.2. The molecule has 0 saturated carbocycles. The molecule has 4 heteroatoms. The summed E-state index contributed by atoms with van der Waals surface area (Å²) in [6.45, 7) is 8.86. The third-order valence-corrected chi connectivity index (χ3v) is 3.67. The Morgan fingerprint density at radius 2 is 1.94 bits per heavy atom. The highest BCUT2D eigenvalue weighted by Gasteiger charge is 2.21. The van der Waals surface area contributed by atoms with Gasteiger partial charge < -0.3 is 15.5 Å². The largest absolute Gasteiger partial charge is 0.341 e. The number of nitrogens with zero attached hydrogens (tertiary/aromatic N) is 2. The summed E-state index contributed by atoms with van der Waals surface area (Å²) >= 11 is 0. The van der Waals surface area contributed by atoms with Crippen molar-refractivity contribution in [1.29, 1.82) is 0 Å². The van der Waals surface area contributed by atoms with Crippen LogP contribution in [0.1, 0.15) is 33.1 Å². The van der Waals surface area contributed by atoms with E-state index >= 15 is 0 Å². The predicted octanol–water partition coefficient (Wildman–Crippen LogP) is 1.16. The van der Waals surface area contributed by atoms with Crippen molar-refractivity contribution >= 4 is 5.91 Å². The maximum Gasteiger partial charge on any atom is 0.222 e. The van der Waals surface area contributed by atoms with E-state index in [4.69, 9.17) is 5.73 Å². The molecule has 0 aromatic carbocycles. The first-order valence-corrected chi connectivity index (χ1v) is 7.19. The minimum Gasteiger partial charge on any atom is -0.341 e. The Morgan fingerprint density at radius 1 is 1.22 bits per heavy atom. The molecule has 1 rings (SSSR count). The minimum atomic E-state index is 0.293. The lowest BCUT2D eigenvalue weighted by Crippen LogP contribution is -2.36. The fraction of sp³-hybridized carbons (Fsp3) is 0.929. The van der Waals surface area contributed by atoms with Gasteiger partial charge in [-0.1, -0.05) is 13.8 Å². The van der Waals surface area contributed by atoms with Gasteiger partial charge in [0.1, 0.15) is 0 Å². The Kier molecular flexibility index (Phi) is 6.65. The van der Waals surface area contributed by atoms with Crippen molar-refractivity contribution in [1.82, 2.24) is 9.80 Å². The smallest absolute Gasteiger partial charge is 0.222 e. The highest BCUT2D eigenvalue weighted by Crippen LogP contribution is 2.16. The molecule has 1 heterocycles. The average Bonchev–Trinajstić information content (AvgIpc) is 2.52. The van der Waals surface area contributed by atoms with Crippen LogP contribution in [0.3, 0.4) is 0 Å². The third kappa shape index (κ3) is 5.36. The summed E-state index contributed by atoms with van der Waals surface area (Å²) in [6, 6.07) is 0. The molecule has 1 amide bonds. The van der Waals surface area contributed by atoms with Crippen LogP contribution in [0.2, 0.25) is 0 Å². The molecule has 0 radical (unpaired) electrons. The van der Waals surface area contributed by atoms with Gasteiger partial charge in [-0.25, -0.2) is 0 Å². The van der Waals surface area contributed by atoms with E-state index in [1.54, 1.807) is 0 Å². The molecule has 0 spiro atoms. The molecule has 1 saturated heterocycles.